The first kappa shape index (κ1) is 19.2. The predicted octanol–water partition coefficient (Wildman–Crippen LogP) is 2.85. The summed E-state index contributed by atoms with van der Waals surface area (Å²) in [5.74, 6) is 0.483. The van der Waals surface area contributed by atoms with Crippen LogP contribution in [0.5, 0.6) is 11.5 Å². The normalized spacial score (nSPS) is 10.7. The summed E-state index contributed by atoms with van der Waals surface area (Å²) >= 11 is 0. The van der Waals surface area contributed by atoms with Crippen LogP contribution in [0.2, 0.25) is 0 Å². The van der Waals surface area contributed by atoms with Gasteiger partial charge < -0.3 is 20.8 Å². The average Bonchev–Trinajstić information content (AvgIpc) is 3.22. The summed E-state index contributed by atoms with van der Waals surface area (Å²) in [6.45, 7) is 0.500. The Morgan fingerprint density at radius 1 is 1.03 bits per heavy atom. The highest BCUT2D eigenvalue weighted by Crippen LogP contribution is 2.22. The highest BCUT2D eigenvalue weighted by Gasteiger charge is 2.11. The van der Waals surface area contributed by atoms with E-state index in [4.69, 9.17) is 10.5 Å². The van der Waals surface area contributed by atoms with Gasteiger partial charge in [-0.15, -0.1) is 0 Å². The van der Waals surface area contributed by atoms with Crippen molar-refractivity contribution in [1.29, 1.82) is 0 Å². The zero-order valence-corrected chi connectivity index (χ0v) is 16.1. The molecule has 0 aliphatic carbocycles. The smallest absolute Gasteiger partial charge is 0.313 e. The minimum Gasteiger partial charge on any atom is -0.457 e. The highest BCUT2D eigenvalue weighted by molar-refractivity contribution is 5.98. The molecular weight excluding hydrogens is 380 g/mol. The Morgan fingerprint density at radius 3 is 2.77 bits per heavy atom. The van der Waals surface area contributed by atoms with Crippen molar-refractivity contribution < 1.29 is 19.3 Å². The molecule has 0 atom stereocenters. The second-order valence-electron chi connectivity index (χ2n) is 6.84. The Morgan fingerprint density at radius 2 is 1.90 bits per heavy atom. The maximum atomic E-state index is 12.4. The van der Waals surface area contributed by atoms with Crippen LogP contribution >= 0.6 is 0 Å². The molecule has 0 saturated heterocycles. The van der Waals surface area contributed by atoms with Gasteiger partial charge in [0, 0.05) is 35.3 Å². The summed E-state index contributed by atoms with van der Waals surface area (Å²) in [4.78, 5) is 29.6. The van der Waals surface area contributed by atoms with Crippen LogP contribution in [0.4, 0.5) is 0 Å². The number of benzene rings is 2. The van der Waals surface area contributed by atoms with E-state index in [1.54, 1.807) is 24.4 Å². The second-order valence-corrected chi connectivity index (χ2v) is 6.84. The van der Waals surface area contributed by atoms with Crippen molar-refractivity contribution in [2.75, 3.05) is 6.54 Å². The van der Waals surface area contributed by atoms with Crippen molar-refractivity contribution in [1.82, 2.24) is 10.3 Å². The molecule has 4 rings (SSSR count). The molecule has 7 heteroatoms. The lowest BCUT2D eigenvalue weighted by Gasteiger charge is -2.08. The van der Waals surface area contributed by atoms with E-state index < -0.39 is 5.91 Å². The van der Waals surface area contributed by atoms with Crippen LogP contribution in [0.3, 0.4) is 0 Å². The first-order chi connectivity index (χ1) is 14.6. The maximum Gasteiger partial charge on any atom is 0.313 e. The molecule has 0 spiro atoms. The van der Waals surface area contributed by atoms with Crippen LogP contribution in [0, 0.1) is 0 Å². The number of nitrogens with two attached hydrogens (primary N) is 1. The number of aromatic amines is 2. The molecule has 0 radical (unpaired) electrons. The van der Waals surface area contributed by atoms with Gasteiger partial charge in [0.25, 0.3) is 11.6 Å². The molecule has 4 aromatic rings. The molecule has 0 fully saturated rings. The number of pyridine rings is 1. The number of hydrogen-bond donors (Lipinski definition) is 3. The highest BCUT2D eigenvalue weighted by atomic mass is 16.5. The molecule has 0 unspecified atom stereocenters. The number of ether oxygens (including phenoxy) is 1. The van der Waals surface area contributed by atoms with Crippen LogP contribution < -0.4 is 20.8 Å². The summed E-state index contributed by atoms with van der Waals surface area (Å²) < 4.78 is 5.82. The predicted molar refractivity (Wildman–Crippen MR) is 112 cm³/mol. The monoisotopic (exact) mass is 401 g/mol. The van der Waals surface area contributed by atoms with Gasteiger partial charge in [-0.3, -0.25) is 9.59 Å². The molecule has 5 N–H and O–H groups in total. The van der Waals surface area contributed by atoms with E-state index in [-0.39, 0.29) is 11.6 Å². The van der Waals surface area contributed by atoms with E-state index in [0.717, 1.165) is 16.5 Å². The van der Waals surface area contributed by atoms with E-state index in [0.29, 0.717) is 30.0 Å². The van der Waals surface area contributed by atoms with Gasteiger partial charge in [-0.25, -0.2) is 4.98 Å². The summed E-state index contributed by atoms with van der Waals surface area (Å²) in [6.07, 6.45) is 4.11. The molecular formula is C23H21N4O3+. The minimum atomic E-state index is -0.555. The Balaban J connectivity index is 1.35. The lowest BCUT2D eigenvalue weighted by molar-refractivity contribution is -0.382. The molecule has 0 bridgehead atoms. The third-order valence-corrected chi connectivity index (χ3v) is 4.69. The van der Waals surface area contributed by atoms with Crippen LogP contribution in [-0.2, 0) is 6.42 Å². The fourth-order valence-corrected chi connectivity index (χ4v) is 3.17. The number of carbonyl (C=O) groups excluding carboxylic acids is 2. The number of primary amides is 1. The van der Waals surface area contributed by atoms with Crippen molar-refractivity contribution >= 4 is 22.7 Å². The van der Waals surface area contributed by atoms with Crippen LogP contribution in [0.1, 0.15) is 26.4 Å². The second kappa shape index (κ2) is 8.48. The zero-order valence-electron chi connectivity index (χ0n) is 16.1. The zero-order chi connectivity index (χ0) is 20.9. The van der Waals surface area contributed by atoms with Gasteiger partial charge in [0.15, 0.2) is 6.20 Å². The third kappa shape index (κ3) is 4.47. The quantitative estimate of drug-likeness (QED) is 0.443. The topological polar surface area (TPSA) is 111 Å². The number of H-pyrrole nitrogens is 2. The molecule has 2 aromatic heterocycles. The molecule has 2 amide bonds. The van der Waals surface area contributed by atoms with Crippen molar-refractivity contribution in [3.8, 4) is 11.5 Å². The minimum absolute atomic E-state index is 0.106. The number of aromatic nitrogens is 2. The average molecular weight is 401 g/mol. The van der Waals surface area contributed by atoms with E-state index in [1.165, 1.54) is 0 Å². The first-order valence-electron chi connectivity index (χ1n) is 9.52. The lowest BCUT2D eigenvalue weighted by atomic mass is 10.1. The molecule has 150 valence electrons. The van der Waals surface area contributed by atoms with Crippen molar-refractivity contribution in [3.63, 3.8) is 0 Å². The van der Waals surface area contributed by atoms with Crippen LogP contribution in [-0.4, -0.2) is 23.3 Å². The molecule has 0 saturated carbocycles. The van der Waals surface area contributed by atoms with Crippen molar-refractivity contribution in [2.24, 2.45) is 5.73 Å². The lowest BCUT2D eigenvalue weighted by Crippen LogP contribution is -2.25. The Bertz CT molecular complexity index is 1220. The maximum absolute atomic E-state index is 12.4. The Labute approximate surface area is 172 Å². The van der Waals surface area contributed by atoms with Crippen molar-refractivity contribution in [3.05, 3.63) is 89.9 Å². The summed E-state index contributed by atoms with van der Waals surface area (Å²) in [6, 6.07) is 18.4. The molecule has 2 aromatic carbocycles. The number of fused-ring (bicyclic) bond motifs is 1. The van der Waals surface area contributed by atoms with E-state index in [9.17, 15) is 9.59 Å². The van der Waals surface area contributed by atoms with E-state index in [1.807, 2.05) is 48.7 Å². The Hall–Kier alpha value is -4.13. The van der Waals surface area contributed by atoms with Gasteiger partial charge in [0.05, 0.1) is 6.07 Å². The summed E-state index contributed by atoms with van der Waals surface area (Å²) in [7, 11) is 0. The van der Waals surface area contributed by atoms with Gasteiger partial charge in [-0.2, -0.15) is 0 Å². The molecule has 2 heterocycles. The standard InChI is InChI=1S/C23H20N4O3/c24-22(28)21-14-19(8-11-26-21)30-18-3-1-2-15(12-18)6-9-27-23(29)17-4-5-20-16(13-17)7-10-25-20/h1-5,7-8,10-14,25H,6,9H2,(H2,24,28)(H,27,29)/p+1. The first-order valence-corrected chi connectivity index (χ1v) is 9.52. The largest absolute Gasteiger partial charge is 0.457 e. The number of nitrogens with one attached hydrogen (secondary N) is 3. The number of carbonyl (C=O) groups is 2. The van der Waals surface area contributed by atoms with E-state index in [2.05, 4.69) is 15.3 Å². The van der Waals surface area contributed by atoms with Crippen molar-refractivity contribution in [2.45, 2.75) is 6.42 Å². The SMILES string of the molecule is NC(=O)c1cc(Oc2cccc(CCNC(=O)c3ccc4[nH]ccc4c3)c2)cc[nH+]1. The van der Waals surface area contributed by atoms with Crippen LogP contribution in [0.25, 0.3) is 10.9 Å². The number of hydrogen-bond acceptors (Lipinski definition) is 3. The van der Waals surface area contributed by atoms with Gasteiger partial charge in [-0.05, 0) is 48.4 Å². The Kier molecular flexibility index (Phi) is 5.43. The van der Waals surface area contributed by atoms with Crippen LogP contribution in [0.15, 0.2) is 73.1 Å². The van der Waals surface area contributed by atoms with Gasteiger partial charge >= 0.3 is 5.91 Å². The number of amides is 2. The molecule has 0 aliphatic heterocycles. The number of rotatable bonds is 7. The fraction of sp³-hybridized carbons (Fsp3) is 0.0870. The molecule has 0 aliphatic rings. The van der Waals surface area contributed by atoms with E-state index >= 15 is 0 Å². The molecule has 30 heavy (non-hydrogen) atoms. The fourth-order valence-electron chi connectivity index (χ4n) is 3.17. The van der Waals surface area contributed by atoms with Gasteiger partial charge in [0.2, 0.25) is 0 Å². The van der Waals surface area contributed by atoms with Gasteiger partial charge in [0.1, 0.15) is 11.5 Å². The molecule has 7 nitrogen and oxygen atoms in total. The summed E-state index contributed by atoms with van der Waals surface area (Å²) in [5, 5.41) is 3.95. The van der Waals surface area contributed by atoms with Gasteiger partial charge in [-0.1, -0.05) is 12.1 Å². The third-order valence-electron chi connectivity index (χ3n) is 4.69. The summed E-state index contributed by atoms with van der Waals surface area (Å²) in [5.41, 5.74) is 8.20.